The van der Waals surface area contributed by atoms with Gasteiger partial charge in [0.25, 0.3) is 0 Å². The lowest BCUT2D eigenvalue weighted by molar-refractivity contribution is 0.0945. The van der Waals surface area contributed by atoms with Crippen molar-refractivity contribution in [3.05, 3.63) is 90.2 Å². The minimum Gasteiger partial charge on any atom is -0.452 e. The van der Waals surface area contributed by atoms with E-state index in [-0.39, 0.29) is 17.0 Å². The monoisotopic (exact) mass is 464 g/mol. The summed E-state index contributed by atoms with van der Waals surface area (Å²) < 4.78 is 6.00. The molecule has 2 aromatic heterocycles. The Labute approximate surface area is 194 Å². The second kappa shape index (κ2) is 7.94. The number of benzene rings is 2. The molecule has 0 N–H and O–H groups in total. The third-order valence-electron chi connectivity index (χ3n) is 6.05. The fourth-order valence-electron chi connectivity index (χ4n) is 4.34. The quantitative estimate of drug-likeness (QED) is 0.365. The SMILES string of the molecule is CCc1nnc([C@H]2C(=O)c3oc4ccc(Cl)cc4c(=O)c3[C@H]2c2ccc(C(C)C)cc2)s1. The van der Waals surface area contributed by atoms with Crippen molar-refractivity contribution in [3.63, 3.8) is 0 Å². The van der Waals surface area contributed by atoms with E-state index in [1.165, 1.54) is 16.9 Å². The molecule has 4 aromatic rings. The van der Waals surface area contributed by atoms with Gasteiger partial charge in [0.15, 0.2) is 11.2 Å². The number of Topliss-reactive ketones (excluding diaryl/α,β-unsaturated/α-hetero) is 1. The Hall–Kier alpha value is -2.83. The molecule has 0 bridgehead atoms. The molecule has 2 aromatic carbocycles. The summed E-state index contributed by atoms with van der Waals surface area (Å²) in [6.45, 7) is 6.26. The lowest BCUT2D eigenvalue weighted by atomic mass is 9.84. The van der Waals surface area contributed by atoms with Gasteiger partial charge in [-0.25, -0.2) is 0 Å². The highest BCUT2D eigenvalue weighted by Gasteiger charge is 2.47. The summed E-state index contributed by atoms with van der Waals surface area (Å²) in [6.07, 6.45) is 0.735. The molecular formula is C25H21ClN2O3S. The standard InChI is InChI=1S/C25H21ClN2O3S/c1-4-18-27-28-25(32-18)21-19(14-7-5-13(6-8-14)12(2)3)20-22(29)16-11-15(26)9-10-17(16)31-24(20)23(21)30/h5-12,19,21H,4H2,1-3H3/t19-,21-/m1/s1. The molecular weight excluding hydrogens is 444 g/mol. The Kier molecular flexibility index (Phi) is 5.22. The van der Waals surface area contributed by atoms with E-state index < -0.39 is 11.8 Å². The average molecular weight is 465 g/mol. The molecule has 0 fully saturated rings. The van der Waals surface area contributed by atoms with Crippen molar-refractivity contribution >= 4 is 39.7 Å². The van der Waals surface area contributed by atoms with E-state index in [1.807, 2.05) is 19.1 Å². The van der Waals surface area contributed by atoms with Crippen LogP contribution < -0.4 is 5.43 Å². The predicted molar refractivity (Wildman–Crippen MR) is 126 cm³/mol. The van der Waals surface area contributed by atoms with Crippen LogP contribution in [0, 0.1) is 0 Å². The van der Waals surface area contributed by atoms with E-state index >= 15 is 0 Å². The van der Waals surface area contributed by atoms with E-state index in [2.05, 4.69) is 36.2 Å². The Bertz CT molecular complexity index is 1410. The molecule has 2 heterocycles. The summed E-state index contributed by atoms with van der Waals surface area (Å²) in [5.41, 5.74) is 2.58. The molecule has 0 amide bonds. The molecule has 5 rings (SSSR count). The fraction of sp³-hybridized carbons (Fsp3) is 0.280. The molecule has 0 aliphatic heterocycles. The number of carbonyl (C=O) groups is 1. The summed E-state index contributed by atoms with van der Waals surface area (Å²) in [7, 11) is 0. The van der Waals surface area contributed by atoms with E-state index in [0.29, 0.717) is 32.5 Å². The second-order valence-electron chi connectivity index (χ2n) is 8.34. The molecule has 32 heavy (non-hydrogen) atoms. The van der Waals surface area contributed by atoms with Gasteiger partial charge >= 0.3 is 0 Å². The topological polar surface area (TPSA) is 73.1 Å². The molecule has 0 saturated carbocycles. The number of rotatable bonds is 4. The Morgan fingerprint density at radius 1 is 1.06 bits per heavy atom. The zero-order valence-corrected chi connectivity index (χ0v) is 19.5. The van der Waals surface area contributed by atoms with Crippen LogP contribution in [0.3, 0.4) is 0 Å². The summed E-state index contributed by atoms with van der Waals surface area (Å²) >= 11 is 7.57. The minimum absolute atomic E-state index is 0.112. The van der Waals surface area contributed by atoms with Crippen LogP contribution in [-0.4, -0.2) is 16.0 Å². The number of fused-ring (bicyclic) bond motifs is 2. The van der Waals surface area contributed by atoms with Crippen LogP contribution >= 0.6 is 22.9 Å². The molecule has 1 aliphatic rings. The number of ketones is 1. The highest BCUT2D eigenvalue weighted by Crippen LogP contribution is 2.48. The van der Waals surface area contributed by atoms with Crippen molar-refractivity contribution in [2.45, 2.75) is 44.9 Å². The smallest absolute Gasteiger partial charge is 0.209 e. The summed E-state index contributed by atoms with van der Waals surface area (Å²) in [6, 6.07) is 13.0. The van der Waals surface area contributed by atoms with Gasteiger partial charge in [-0.2, -0.15) is 0 Å². The average Bonchev–Trinajstić information content (AvgIpc) is 3.37. The summed E-state index contributed by atoms with van der Waals surface area (Å²) in [5.74, 6) is -0.872. The van der Waals surface area contributed by atoms with Crippen molar-refractivity contribution in [1.29, 1.82) is 0 Å². The number of aryl methyl sites for hydroxylation is 1. The molecule has 0 unspecified atom stereocenters. The third-order valence-corrected chi connectivity index (χ3v) is 7.44. The first-order valence-electron chi connectivity index (χ1n) is 10.6. The van der Waals surface area contributed by atoms with Gasteiger partial charge in [-0.1, -0.05) is 56.6 Å². The maximum Gasteiger partial charge on any atom is 0.209 e. The van der Waals surface area contributed by atoms with Crippen LogP contribution in [0.5, 0.6) is 0 Å². The first-order valence-corrected chi connectivity index (χ1v) is 11.8. The van der Waals surface area contributed by atoms with Crippen LogP contribution in [-0.2, 0) is 6.42 Å². The zero-order valence-electron chi connectivity index (χ0n) is 17.9. The van der Waals surface area contributed by atoms with Gasteiger partial charge in [0, 0.05) is 10.9 Å². The first kappa shape index (κ1) is 21.0. The van der Waals surface area contributed by atoms with Crippen LogP contribution in [0.2, 0.25) is 5.02 Å². The Balaban J connectivity index is 1.77. The van der Waals surface area contributed by atoms with Gasteiger partial charge in [0.2, 0.25) is 5.78 Å². The van der Waals surface area contributed by atoms with Crippen molar-refractivity contribution in [1.82, 2.24) is 10.2 Å². The van der Waals surface area contributed by atoms with E-state index in [1.54, 1.807) is 18.2 Å². The van der Waals surface area contributed by atoms with Gasteiger partial charge in [-0.3, -0.25) is 9.59 Å². The zero-order chi connectivity index (χ0) is 22.6. The van der Waals surface area contributed by atoms with E-state index in [9.17, 15) is 9.59 Å². The number of hydrogen-bond donors (Lipinski definition) is 0. The molecule has 0 saturated heterocycles. The highest BCUT2D eigenvalue weighted by atomic mass is 35.5. The van der Waals surface area contributed by atoms with Gasteiger partial charge in [-0.15, -0.1) is 21.5 Å². The molecule has 162 valence electrons. The summed E-state index contributed by atoms with van der Waals surface area (Å²) in [4.78, 5) is 27.2. The number of carbonyl (C=O) groups excluding carboxylic acids is 1. The van der Waals surface area contributed by atoms with E-state index in [0.717, 1.165) is 17.0 Å². The molecule has 7 heteroatoms. The molecule has 0 radical (unpaired) electrons. The Morgan fingerprint density at radius 3 is 2.47 bits per heavy atom. The van der Waals surface area contributed by atoms with E-state index in [4.69, 9.17) is 16.0 Å². The Morgan fingerprint density at radius 2 is 1.81 bits per heavy atom. The number of nitrogens with zero attached hydrogens (tertiary/aromatic N) is 2. The number of hydrogen-bond acceptors (Lipinski definition) is 6. The maximum absolute atomic E-state index is 13.6. The number of halogens is 1. The normalized spacial score (nSPS) is 18.0. The van der Waals surface area contributed by atoms with Crippen LogP contribution in [0.1, 0.15) is 75.8 Å². The fourth-order valence-corrected chi connectivity index (χ4v) is 5.44. The van der Waals surface area contributed by atoms with Gasteiger partial charge in [0.05, 0.1) is 16.9 Å². The van der Waals surface area contributed by atoms with Gasteiger partial charge in [-0.05, 0) is 41.7 Å². The third kappa shape index (κ3) is 3.29. The van der Waals surface area contributed by atoms with Crippen LogP contribution in [0.25, 0.3) is 11.0 Å². The van der Waals surface area contributed by atoms with Crippen molar-refractivity contribution in [3.8, 4) is 0 Å². The highest BCUT2D eigenvalue weighted by molar-refractivity contribution is 7.11. The van der Waals surface area contributed by atoms with Crippen LogP contribution in [0.4, 0.5) is 0 Å². The summed E-state index contributed by atoms with van der Waals surface area (Å²) in [5, 5.41) is 10.8. The molecule has 2 atom stereocenters. The second-order valence-corrected chi connectivity index (χ2v) is 9.87. The molecule has 1 aliphatic carbocycles. The minimum atomic E-state index is -0.642. The predicted octanol–water partition coefficient (Wildman–Crippen LogP) is 6.10. The first-order chi connectivity index (χ1) is 15.4. The van der Waals surface area contributed by atoms with Gasteiger partial charge < -0.3 is 4.42 Å². The molecule has 0 spiro atoms. The maximum atomic E-state index is 13.6. The lowest BCUT2D eigenvalue weighted by Crippen LogP contribution is -2.16. The lowest BCUT2D eigenvalue weighted by Gasteiger charge is -2.18. The largest absolute Gasteiger partial charge is 0.452 e. The number of aromatic nitrogens is 2. The van der Waals surface area contributed by atoms with Crippen molar-refractivity contribution in [2.24, 2.45) is 0 Å². The molecule has 5 nitrogen and oxygen atoms in total. The van der Waals surface area contributed by atoms with Crippen molar-refractivity contribution in [2.75, 3.05) is 0 Å². The van der Waals surface area contributed by atoms with Crippen LogP contribution in [0.15, 0.2) is 51.7 Å². The van der Waals surface area contributed by atoms with Gasteiger partial charge in [0.1, 0.15) is 15.6 Å². The van der Waals surface area contributed by atoms with Crippen molar-refractivity contribution < 1.29 is 9.21 Å².